The molecule has 6 nitrogen and oxygen atoms in total. The summed E-state index contributed by atoms with van der Waals surface area (Å²) in [5, 5.41) is 3.24. The summed E-state index contributed by atoms with van der Waals surface area (Å²) in [6.07, 6.45) is 2.04. The highest BCUT2D eigenvalue weighted by Gasteiger charge is 2.38. The van der Waals surface area contributed by atoms with E-state index in [2.05, 4.69) is 10.3 Å². The lowest BCUT2D eigenvalue weighted by atomic mass is 9.95. The topological polar surface area (TPSA) is 79.4 Å². The van der Waals surface area contributed by atoms with Gasteiger partial charge in [0, 0.05) is 17.6 Å². The number of anilines is 1. The first kappa shape index (κ1) is 17.1. The highest BCUT2D eigenvalue weighted by Crippen LogP contribution is 2.27. The quantitative estimate of drug-likeness (QED) is 0.900. The van der Waals surface area contributed by atoms with Gasteiger partial charge in [0.2, 0.25) is 15.9 Å². The standard InChI is InChI=1S/C16H19N3O3S2/c1-3-24(21,22)19-10-13-7-5-4-6-12(13)8-14(19)15(20)18-16-17-9-11(2)23-16/h4-7,9,14H,3,8,10H2,1-2H3,(H,17,18,20)/t14-/m1/s1. The van der Waals surface area contributed by atoms with E-state index in [1.165, 1.54) is 15.6 Å². The number of carbonyl (C=O) groups excluding carboxylic acids is 1. The van der Waals surface area contributed by atoms with Crippen molar-refractivity contribution >= 4 is 32.4 Å². The molecule has 0 fully saturated rings. The lowest BCUT2D eigenvalue weighted by Crippen LogP contribution is -2.51. The fourth-order valence-corrected chi connectivity index (χ4v) is 4.67. The number of sulfonamides is 1. The second-order valence-corrected chi connectivity index (χ2v) is 9.14. The summed E-state index contributed by atoms with van der Waals surface area (Å²) >= 11 is 1.37. The van der Waals surface area contributed by atoms with Gasteiger partial charge in [0.15, 0.2) is 5.13 Å². The van der Waals surface area contributed by atoms with Crippen LogP contribution in [0.2, 0.25) is 0 Å². The number of amides is 1. The minimum absolute atomic E-state index is 0.0324. The van der Waals surface area contributed by atoms with Crippen LogP contribution in [0.1, 0.15) is 22.9 Å². The van der Waals surface area contributed by atoms with Gasteiger partial charge in [-0.1, -0.05) is 24.3 Å². The summed E-state index contributed by atoms with van der Waals surface area (Å²) in [4.78, 5) is 17.8. The molecule has 8 heteroatoms. The van der Waals surface area contributed by atoms with Crippen LogP contribution in [0.4, 0.5) is 5.13 Å². The Kier molecular flexibility index (Phi) is 4.71. The monoisotopic (exact) mass is 365 g/mol. The second kappa shape index (κ2) is 6.62. The lowest BCUT2D eigenvalue weighted by Gasteiger charge is -2.34. The van der Waals surface area contributed by atoms with Crippen LogP contribution >= 0.6 is 11.3 Å². The summed E-state index contributed by atoms with van der Waals surface area (Å²) in [5.74, 6) is -0.370. The predicted molar refractivity (Wildman–Crippen MR) is 94.4 cm³/mol. The van der Waals surface area contributed by atoms with Gasteiger partial charge in [0.1, 0.15) is 6.04 Å². The Labute approximate surface area is 145 Å². The molecular weight excluding hydrogens is 346 g/mol. The van der Waals surface area contributed by atoms with Gasteiger partial charge in [-0.05, 0) is 31.4 Å². The van der Waals surface area contributed by atoms with Crippen molar-refractivity contribution in [1.82, 2.24) is 9.29 Å². The lowest BCUT2D eigenvalue weighted by molar-refractivity contribution is -0.120. The molecule has 1 aromatic carbocycles. The largest absolute Gasteiger partial charge is 0.301 e. The molecule has 3 rings (SSSR count). The zero-order chi connectivity index (χ0) is 17.3. The molecule has 1 aliphatic heterocycles. The number of hydrogen-bond acceptors (Lipinski definition) is 5. The van der Waals surface area contributed by atoms with Gasteiger partial charge in [-0.15, -0.1) is 11.3 Å². The molecule has 0 aliphatic carbocycles. The number of nitrogens with zero attached hydrogens (tertiary/aromatic N) is 2. The Morgan fingerprint density at radius 1 is 1.38 bits per heavy atom. The van der Waals surface area contributed by atoms with Crippen molar-refractivity contribution < 1.29 is 13.2 Å². The Hall–Kier alpha value is -1.77. The Morgan fingerprint density at radius 2 is 2.08 bits per heavy atom. The van der Waals surface area contributed by atoms with E-state index in [-0.39, 0.29) is 18.2 Å². The first-order valence-electron chi connectivity index (χ1n) is 7.70. The second-order valence-electron chi connectivity index (χ2n) is 5.70. The summed E-state index contributed by atoms with van der Waals surface area (Å²) in [6, 6.07) is 6.88. The SMILES string of the molecule is CCS(=O)(=O)N1Cc2ccccc2C[C@@H]1C(=O)Nc1ncc(C)s1. The van der Waals surface area contributed by atoms with E-state index >= 15 is 0 Å². The average Bonchev–Trinajstić information content (AvgIpc) is 2.98. The molecule has 1 N–H and O–H groups in total. The van der Waals surface area contributed by atoms with Crippen LogP contribution in [-0.2, 0) is 27.8 Å². The Morgan fingerprint density at radius 3 is 2.71 bits per heavy atom. The van der Waals surface area contributed by atoms with E-state index in [1.807, 2.05) is 31.2 Å². The highest BCUT2D eigenvalue weighted by molar-refractivity contribution is 7.89. The molecule has 0 unspecified atom stereocenters. The van der Waals surface area contributed by atoms with Crippen LogP contribution in [0.3, 0.4) is 0 Å². The van der Waals surface area contributed by atoms with Gasteiger partial charge < -0.3 is 5.32 Å². The molecule has 24 heavy (non-hydrogen) atoms. The first-order valence-corrected chi connectivity index (χ1v) is 10.1. The third-order valence-corrected chi connectivity index (χ3v) is 6.74. The molecule has 1 amide bonds. The predicted octanol–water partition coefficient (Wildman–Crippen LogP) is 2.17. The van der Waals surface area contributed by atoms with Crippen molar-refractivity contribution in [2.24, 2.45) is 0 Å². The fraction of sp³-hybridized carbons (Fsp3) is 0.375. The zero-order valence-corrected chi connectivity index (χ0v) is 15.2. The zero-order valence-electron chi connectivity index (χ0n) is 13.5. The summed E-state index contributed by atoms with van der Waals surface area (Å²) in [6.45, 7) is 3.72. The van der Waals surface area contributed by atoms with Crippen LogP contribution in [-0.4, -0.2) is 35.4 Å². The van der Waals surface area contributed by atoms with Crippen LogP contribution in [0.15, 0.2) is 30.5 Å². The van der Waals surface area contributed by atoms with Gasteiger partial charge in [0.25, 0.3) is 0 Å². The summed E-state index contributed by atoms with van der Waals surface area (Å²) < 4.78 is 26.2. The smallest absolute Gasteiger partial charge is 0.244 e. The van der Waals surface area contributed by atoms with Crippen LogP contribution in [0.25, 0.3) is 0 Å². The molecule has 0 saturated heterocycles. The van der Waals surface area contributed by atoms with E-state index in [4.69, 9.17) is 0 Å². The van der Waals surface area contributed by atoms with E-state index in [0.29, 0.717) is 11.6 Å². The van der Waals surface area contributed by atoms with E-state index in [9.17, 15) is 13.2 Å². The number of thiazole rings is 1. The van der Waals surface area contributed by atoms with Crippen molar-refractivity contribution in [1.29, 1.82) is 0 Å². The third-order valence-electron chi connectivity index (χ3n) is 4.08. The molecule has 0 spiro atoms. The summed E-state index contributed by atoms with van der Waals surface area (Å²) in [5.41, 5.74) is 1.96. The van der Waals surface area contributed by atoms with Crippen LogP contribution in [0.5, 0.6) is 0 Å². The van der Waals surface area contributed by atoms with E-state index < -0.39 is 16.1 Å². The number of aromatic nitrogens is 1. The fourth-order valence-electron chi connectivity index (χ4n) is 2.78. The number of hydrogen-bond donors (Lipinski definition) is 1. The van der Waals surface area contributed by atoms with E-state index in [1.54, 1.807) is 13.1 Å². The first-order chi connectivity index (χ1) is 11.4. The van der Waals surface area contributed by atoms with Crippen molar-refractivity contribution in [2.45, 2.75) is 32.9 Å². The van der Waals surface area contributed by atoms with Crippen molar-refractivity contribution in [3.63, 3.8) is 0 Å². The molecule has 2 heterocycles. The van der Waals surface area contributed by atoms with Crippen LogP contribution in [0, 0.1) is 6.92 Å². The van der Waals surface area contributed by atoms with E-state index in [0.717, 1.165) is 16.0 Å². The normalized spacial score (nSPS) is 18.2. The Bertz CT molecular complexity index is 861. The Balaban J connectivity index is 1.91. The minimum Gasteiger partial charge on any atom is -0.301 e. The molecule has 0 radical (unpaired) electrons. The molecule has 1 aromatic heterocycles. The number of fused-ring (bicyclic) bond motifs is 1. The number of rotatable bonds is 4. The number of nitrogens with one attached hydrogen (secondary N) is 1. The molecule has 0 bridgehead atoms. The molecule has 1 atom stereocenters. The number of carbonyl (C=O) groups is 1. The van der Waals surface area contributed by atoms with Crippen molar-refractivity contribution in [3.05, 3.63) is 46.5 Å². The van der Waals surface area contributed by atoms with Gasteiger partial charge in [-0.3, -0.25) is 4.79 Å². The van der Waals surface area contributed by atoms with Crippen molar-refractivity contribution in [3.8, 4) is 0 Å². The summed E-state index contributed by atoms with van der Waals surface area (Å²) in [7, 11) is -3.49. The van der Waals surface area contributed by atoms with Gasteiger partial charge in [0.05, 0.1) is 5.75 Å². The highest BCUT2D eigenvalue weighted by atomic mass is 32.2. The molecular formula is C16H19N3O3S2. The average molecular weight is 365 g/mol. The van der Waals surface area contributed by atoms with Crippen LogP contribution < -0.4 is 5.32 Å². The van der Waals surface area contributed by atoms with Gasteiger partial charge in [-0.2, -0.15) is 4.31 Å². The van der Waals surface area contributed by atoms with Crippen molar-refractivity contribution in [2.75, 3.05) is 11.1 Å². The molecule has 1 aliphatic rings. The maximum absolute atomic E-state index is 12.7. The molecule has 128 valence electrons. The number of aryl methyl sites for hydroxylation is 1. The minimum atomic E-state index is -3.49. The number of benzene rings is 1. The maximum atomic E-state index is 12.7. The molecule has 2 aromatic rings. The van der Waals surface area contributed by atoms with Gasteiger partial charge in [-0.25, -0.2) is 13.4 Å². The molecule has 0 saturated carbocycles. The maximum Gasteiger partial charge on any atom is 0.244 e. The third kappa shape index (κ3) is 3.35. The van der Waals surface area contributed by atoms with Gasteiger partial charge >= 0.3 is 0 Å².